The predicted molar refractivity (Wildman–Crippen MR) is 166 cm³/mol. The van der Waals surface area contributed by atoms with Crippen LogP contribution in [-0.2, 0) is 6.42 Å². The number of aromatic nitrogens is 1. The first-order valence-electron chi connectivity index (χ1n) is 14.3. The van der Waals surface area contributed by atoms with Crippen molar-refractivity contribution in [1.29, 1.82) is 0 Å². The van der Waals surface area contributed by atoms with Crippen molar-refractivity contribution >= 4 is 28.2 Å². The van der Waals surface area contributed by atoms with Crippen molar-refractivity contribution in [3.05, 3.63) is 93.8 Å². The monoisotopic (exact) mass is 554 g/mol. The van der Waals surface area contributed by atoms with E-state index in [0.717, 1.165) is 73.9 Å². The molecule has 2 aromatic carbocycles. The molecular weight excluding hydrogens is 510 g/mol. The highest BCUT2D eigenvalue weighted by atomic mass is 35.5. The molecule has 0 aliphatic heterocycles. The van der Waals surface area contributed by atoms with Gasteiger partial charge in [0.25, 0.3) is 0 Å². The topological polar surface area (TPSA) is 28.1 Å². The fraction of sp³-hybridized carbons (Fsp3) is 0.441. The number of fused-ring (bicyclic) bond motifs is 1. The Morgan fingerprint density at radius 2 is 1.69 bits per heavy atom. The Kier molecular flexibility index (Phi) is 13.7. The number of aliphatic imine (C=N–C) groups is 1. The van der Waals surface area contributed by atoms with Crippen molar-refractivity contribution in [2.24, 2.45) is 4.99 Å². The maximum atomic E-state index is 14.7. The van der Waals surface area contributed by atoms with E-state index in [2.05, 4.69) is 75.4 Å². The first kappa shape index (κ1) is 32.5. The normalized spacial score (nSPS) is 12.8. The summed E-state index contributed by atoms with van der Waals surface area (Å²) in [5.74, 6) is -0.402. The van der Waals surface area contributed by atoms with E-state index in [1.54, 1.807) is 6.07 Å². The molecule has 0 radical (unpaired) electrons. The quantitative estimate of drug-likeness (QED) is 0.170. The van der Waals surface area contributed by atoms with Crippen molar-refractivity contribution in [1.82, 2.24) is 4.98 Å². The molecule has 1 atom stereocenters. The molecule has 5 heteroatoms. The van der Waals surface area contributed by atoms with E-state index in [-0.39, 0.29) is 22.6 Å². The second-order valence-corrected chi connectivity index (χ2v) is 10.7. The molecule has 212 valence electrons. The van der Waals surface area contributed by atoms with Crippen LogP contribution in [0.4, 0.5) is 8.78 Å². The van der Waals surface area contributed by atoms with Gasteiger partial charge >= 0.3 is 0 Å². The van der Waals surface area contributed by atoms with Crippen molar-refractivity contribution in [3.8, 4) is 0 Å². The number of hydrogen-bond acceptors (Lipinski definition) is 1. The molecule has 0 spiro atoms. The Bertz CT molecular complexity index is 1270. The van der Waals surface area contributed by atoms with E-state index in [1.165, 1.54) is 17.3 Å². The van der Waals surface area contributed by atoms with Crippen LogP contribution in [0.25, 0.3) is 10.9 Å². The summed E-state index contributed by atoms with van der Waals surface area (Å²) in [5.41, 5.74) is 7.00. The summed E-state index contributed by atoms with van der Waals surface area (Å²) in [6.45, 7) is 16.2. The van der Waals surface area contributed by atoms with Crippen LogP contribution in [-0.4, -0.2) is 10.7 Å². The molecule has 0 fully saturated rings. The summed E-state index contributed by atoms with van der Waals surface area (Å²) in [5, 5.41) is 0.846. The average molecular weight is 555 g/mol. The molecule has 0 amide bonds. The molecular formula is C34H45ClF2N2. The Morgan fingerprint density at radius 1 is 1.03 bits per heavy atom. The first-order chi connectivity index (χ1) is 18.6. The smallest absolute Gasteiger partial charge is 0.151 e. The van der Waals surface area contributed by atoms with E-state index in [9.17, 15) is 8.78 Å². The van der Waals surface area contributed by atoms with Gasteiger partial charge in [-0.3, -0.25) is 4.99 Å². The second kappa shape index (κ2) is 16.4. The number of rotatable bonds is 12. The summed E-state index contributed by atoms with van der Waals surface area (Å²) in [6.07, 6.45) is 9.00. The molecule has 3 rings (SSSR count). The lowest BCUT2D eigenvalue weighted by Gasteiger charge is -2.14. The van der Waals surface area contributed by atoms with Crippen LogP contribution in [0.3, 0.4) is 0 Å². The fourth-order valence-electron chi connectivity index (χ4n) is 4.50. The highest BCUT2D eigenvalue weighted by Gasteiger charge is 2.21. The summed E-state index contributed by atoms with van der Waals surface area (Å²) < 4.78 is 28.0. The number of halogens is 3. The average Bonchev–Trinajstić information content (AvgIpc) is 3.30. The zero-order chi connectivity index (χ0) is 28.9. The minimum absolute atomic E-state index is 0.183. The van der Waals surface area contributed by atoms with Crippen LogP contribution in [0.5, 0.6) is 0 Å². The van der Waals surface area contributed by atoms with Crippen molar-refractivity contribution in [2.45, 2.75) is 98.8 Å². The Balaban J connectivity index is 0.000000309. The molecule has 1 unspecified atom stereocenters. The number of aryl methyl sites for hydroxylation is 2. The highest BCUT2D eigenvalue weighted by molar-refractivity contribution is 6.31. The SMILES string of the molecule is C=C(CCCC)/C(F)=C\N=C(C)CCC.CCCCc1c(C(C)c2ccc(C)cc2)[nH]c2ccc(Cl)c(F)c12. The molecule has 1 heterocycles. The van der Waals surface area contributed by atoms with Gasteiger partial charge in [-0.2, -0.15) is 0 Å². The Morgan fingerprint density at radius 3 is 2.31 bits per heavy atom. The van der Waals surface area contributed by atoms with Crippen LogP contribution in [0.15, 0.2) is 65.6 Å². The number of allylic oxidation sites excluding steroid dienone is 2. The van der Waals surface area contributed by atoms with Gasteiger partial charge in [-0.15, -0.1) is 0 Å². The number of benzene rings is 2. The number of hydrogen-bond donors (Lipinski definition) is 1. The number of nitrogens with zero attached hydrogens (tertiary/aromatic N) is 1. The lowest BCUT2D eigenvalue weighted by Crippen LogP contribution is -2.01. The number of H-pyrrole nitrogens is 1. The fourth-order valence-corrected chi connectivity index (χ4v) is 4.66. The second-order valence-electron chi connectivity index (χ2n) is 10.3. The van der Waals surface area contributed by atoms with Gasteiger partial charge in [-0.05, 0) is 74.8 Å². The Labute approximate surface area is 239 Å². The van der Waals surface area contributed by atoms with Gasteiger partial charge in [0, 0.05) is 28.2 Å². The summed E-state index contributed by atoms with van der Waals surface area (Å²) >= 11 is 6.03. The van der Waals surface area contributed by atoms with E-state index < -0.39 is 0 Å². The minimum atomic E-state index is -0.307. The van der Waals surface area contributed by atoms with E-state index in [1.807, 2.05) is 13.0 Å². The van der Waals surface area contributed by atoms with E-state index >= 15 is 0 Å². The van der Waals surface area contributed by atoms with Crippen LogP contribution < -0.4 is 0 Å². The molecule has 0 bridgehead atoms. The highest BCUT2D eigenvalue weighted by Crippen LogP contribution is 2.36. The maximum Gasteiger partial charge on any atom is 0.151 e. The molecule has 0 aliphatic rings. The third-order valence-electron chi connectivity index (χ3n) is 6.96. The number of aromatic amines is 1. The van der Waals surface area contributed by atoms with E-state index in [4.69, 9.17) is 11.6 Å². The molecule has 2 nitrogen and oxygen atoms in total. The van der Waals surface area contributed by atoms with Crippen molar-refractivity contribution < 1.29 is 8.78 Å². The van der Waals surface area contributed by atoms with E-state index in [0.29, 0.717) is 11.0 Å². The van der Waals surface area contributed by atoms with Gasteiger partial charge in [0.2, 0.25) is 0 Å². The first-order valence-corrected chi connectivity index (χ1v) is 14.6. The molecule has 0 saturated carbocycles. The van der Waals surface area contributed by atoms with Gasteiger partial charge in [0.1, 0.15) is 5.83 Å². The largest absolute Gasteiger partial charge is 0.358 e. The van der Waals surface area contributed by atoms with Crippen LogP contribution in [0, 0.1) is 12.7 Å². The molecule has 0 saturated heterocycles. The summed E-state index contributed by atoms with van der Waals surface area (Å²) in [7, 11) is 0. The van der Waals surface area contributed by atoms with Gasteiger partial charge < -0.3 is 4.98 Å². The lowest BCUT2D eigenvalue weighted by atomic mass is 9.92. The van der Waals surface area contributed by atoms with Gasteiger partial charge in [0.05, 0.1) is 11.2 Å². The molecule has 1 N–H and O–H groups in total. The molecule has 0 aliphatic carbocycles. The van der Waals surface area contributed by atoms with Gasteiger partial charge in [-0.1, -0.05) is 95.0 Å². The zero-order valence-electron chi connectivity index (χ0n) is 24.6. The third-order valence-corrected chi connectivity index (χ3v) is 7.25. The maximum absolute atomic E-state index is 14.7. The summed E-state index contributed by atoms with van der Waals surface area (Å²) in [4.78, 5) is 7.52. The van der Waals surface area contributed by atoms with Gasteiger partial charge in [0.15, 0.2) is 5.82 Å². The molecule has 39 heavy (non-hydrogen) atoms. The van der Waals surface area contributed by atoms with Gasteiger partial charge in [-0.25, -0.2) is 8.78 Å². The Hall–Kier alpha value is -2.72. The predicted octanol–water partition coefficient (Wildman–Crippen LogP) is 11.6. The zero-order valence-corrected chi connectivity index (χ0v) is 25.3. The standard InChI is InChI=1S/C21H23ClFN.C13H22FN/c1-4-5-6-16-19-18(12-11-17(22)20(19)23)24-21(16)14(3)15-9-7-13(2)8-10-15;1-5-7-9-11(3)13(14)10-15-12(4)8-6-2/h7-12,14,24H,4-6H2,1-3H3;10H,3,5-9H2,1-2,4H3/b;13-10+,15-12?. The van der Waals surface area contributed by atoms with Crippen molar-refractivity contribution in [3.63, 3.8) is 0 Å². The molecule has 1 aromatic heterocycles. The van der Waals surface area contributed by atoms with Crippen LogP contribution >= 0.6 is 11.6 Å². The lowest BCUT2D eigenvalue weighted by molar-refractivity contribution is 0.628. The number of unbranched alkanes of at least 4 members (excludes halogenated alkanes) is 2. The molecule has 3 aromatic rings. The van der Waals surface area contributed by atoms with Crippen LogP contribution in [0.1, 0.15) is 108 Å². The number of nitrogens with one attached hydrogen (secondary N) is 1. The van der Waals surface area contributed by atoms with Crippen molar-refractivity contribution in [2.75, 3.05) is 0 Å². The van der Waals surface area contributed by atoms with Crippen LogP contribution in [0.2, 0.25) is 5.02 Å². The minimum Gasteiger partial charge on any atom is -0.358 e. The summed E-state index contributed by atoms with van der Waals surface area (Å²) in [6, 6.07) is 12.0. The third kappa shape index (κ3) is 9.46.